The highest BCUT2D eigenvalue weighted by Gasteiger charge is 2.08. The molecule has 0 saturated heterocycles. The molecule has 19 heavy (non-hydrogen) atoms. The van der Waals surface area contributed by atoms with Gasteiger partial charge in [-0.15, -0.1) is 0 Å². The van der Waals surface area contributed by atoms with Gasteiger partial charge in [-0.05, 0) is 35.7 Å². The van der Waals surface area contributed by atoms with Crippen LogP contribution in [-0.2, 0) is 9.53 Å². The second-order valence-corrected chi connectivity index (χ2v) is 4.38. The third-order valence-corrected chi connectivity index (χ3v) is 2.90. The van der Waals surface area contributed by atoms with E-state index in [1.54, 1.807) is 12.1 Å². The minimum atomic E-state index is -0.296. The third-order valence-electron chi connectivity index (χ3n) is 2.90. The Morgan fingerprint density at radius 2 is 1.47 bits per heavy atom. The monoisotopic (exact) mass is 258 g/mol. The molecule has 0 radical (unpaired) electrons. The fourth-order valence-electron chi connectivity index (χ4n) is 1.91. The lowest BCUT2D eigenvalue weighted by Gasteiger charge is -2.12. The van der Waals surface area contributed by atoms with Crippen molar-refractivity contribution in [1.82, 2.24) is 0 Å². The molecule has 0 aromatic heterocycles. The van der Waals surface area contributed by atoms with Crippen LogP contribution in [0.1, 0.15) is 25.5 Å². The van der Waals surface area contributed by atoms with Gasteiger partial charge >= 0.3 is 5.97 Å². The maximum absolute atomic E-state index is 12.8. The van der Waals surface area contributed by atoms with E-state index < -0.39 is 0 Å². The normalized spacial score (nSPS) is 11.9. The summed E-state index contributed by atoms with van der Waals surface area (Å²) in [6.07, 6.45) is -0.264. The van der Waals surface area contributed by atoms with Crippen LogP contribution in [0.15, 0.2) is 48.5 Å². The summed E-state index contributed by atoms with van der Waals surface area (Å²) in [6, 6.07) is 14.0. The van der Waals surface area contributed by atoms with E-state index in [1.807, 2.05) is 31.2 Å². The van der Waals surface area contributed by atoms with Crippen molar-refractivity contribution in [3.63, 3.8) is 0 Å². The Bertz CT molecular complexity index is 558. The van der Waals surface area contributed by atoms with Gasteiger partial charge in [-0.3, -0.25) is 4.79 Å². The van der Waals surface area contributed by atoms with Crippen molar-refractivity contribution < 1.29 is 13.9 Å². The van der Waals surface area contributed by atoms with Crippen molar-refractivity contribution in [1.29, 1.82) is 0 Å². The molecule has 2 rings (SSSR count). The van der Waals surface area contributed by atoms with Gasteiger partial charge in [0.1, 0.15) is 11.9 Å². The Hall–Kier alpha value is -2.16. The first-order valence-corrected chi connectivity index (χ1v) is 6.09. The maximum atomic E-state index is 12.8. The summed E-state index contributed by atoms with van der Waals surface area (Å²) in [6.45, 7) is 3.22. The first-order chi connectivity index (χ1) is 9.06. The summed E-state index contributed by atoms with van der Waals surface area (Å²) in [4.78, 5) is 10.9. The van der Waals surface area contributed by atoms with Gasteiger partial charge in [0.15, 0.2) is 0 Å². The average Bonchev–Trinajstić information content (AvgIpc) is 2.39. The van der Waals surface area contributed by atoms with Crippen LogP contribution < -0.4 is 0 Å². The van der Waals surface area contributed by atoms with E-state index in [2.05, 4.69) is 0 Å². The smallest absolute Gasteiger partial charge is 0.303 e. The molecule has 2 aromatic rings. The molecule has 0 heterocycles. The van der Waals surface area contributed by atoms with Gasteiger partial charge in [-0.25, -0.2) is 4.39 Å². The van der Waals surface area contributed by atoms with Gasteiger partial charge in [-0.2, -0.15) is 0 Å². The highest BCUT2D eigenvalue weighted by atomic mass is 19.1. The molecule has 1 unspecified atom stereocenters. The van der Waals surface area contributed by atoms with Gasteiger partial charge in [0.2, 0.25) is 0 Å². The molecule has 1 atom stereocenters. The van der Waals surface area contributed by atoms with Crippen LogP contribution in [-0.4, -0.2) is 5.97 Å². The zero-order chi connectivity index (χ0) is 13.8. The van der Waals surface area contributed by atoms with Crippen LogP contribution in [0, 0.1) is 5.82 Å². The average molecular weight is 258 g/mol. The van der Waals surface area contributed by atoms with Gasteiger partial charge in [0.05, 0.1) is 0 Å². The number of ether oxygens (including phenoxy) is 1. The minimum absolute atomic E-state index is 0.246. The highest BCUT2D eigenvalue weighted by Crippen LogP contribution is 2.23. The molecule has 0 aliphatic rings. The molecule has 0 fully saturated rings. The minimum Gasteiger partial charge on any atom is -0.458 e. The lowest BCUT2D eigenvalue weighted by molar-refractivity contribution is -0.145. The maximum Gasteiger partial charge on any atom is 0.303 e. The molecule has 3 heteroatoms. The van der Waals surface area contributed by atoms with Crippen LogP contribution >= 0.6 is 0 Å². The zero-order valence-corrected chi connectivity index (χ0v) is 10.9. The lowest BCUT2D eigenvalue weighted by atomic mass is 10.0. The second kappa shape index (κ2) is 5.65. The van der Waals surface area contributed by atoms with Crippen molar-refractivity contribution in [2.45, 2.75) is 20.0 Å². The lowest BCUT2D eigenvalue weighted by Crippen LogP contribution is -2.04. The summed E-state index contributed by atoms with van der Waals surface area (Å²) >= 11 is 0. The largest absolute Gasteiger partial charge is 0.458 e. The van der Waals surface area contributed by atoms with Crippen molar-refractivity contribution >= 4 is 5.97 Å². The van der Waals surface area contributed by atoms with Crippen LogP contribution in [0.25, 0.3) is 11.1 Å². The number of hydrogen-bond donors (Lipinski definition) is 0. The number of esters is 1. The fourth-order valence-corrected chi connectivity index (χ4v) is 1.91. The predicted octanol–water partition coefficient (Wildman–Crippen LogP) is 4.12. The Labute approximate surface area is 111 Å². The van der Waals surface area contributed by atoms with E-state index in [1.165, 1.54) is 19.1 Å². The van der Waals surface area contributed by atoms with E-state index in [9.17, 15) is 9.18 Å². The van der Waals surface area contributed by atoms with E-state index in [0.29, 0.717) is 0 Å². The summed E-state index contributed by atoms with van der Waals surface area (Å²) < 4.78 is 18.0. The zero-order valence-electron chi connectivity index (χ0n) is 10.9. The van der Waals surface area contributed by atoms with E-state index >= 15 is 0 Å². The number of carbonyl (C=O) groups is 1. The number of halogens is 1. The second-order valence-electron chi connectivity index (χ2n) is 4.38. The molecule has 0 amide bonds. The van der Waals surface area contributed by atoms with Crippen LogP contribution in [0.3, 0.4) is 0 Å². The topological polar surface area (TPSA) is 26.3 Å². The number of carbonyl (C=O) groups excluding carboxylic acids is 1. The first kappa shape index (κ1) is 13.3. The predicted molar refractivity (Wildman–Crippen MR) is 72.0 cm³/mol. The molecule has 0 spiro atoms. The van der Waals surface area contributed by atoms with Crippen molar-refractivity contribution in [2.24, 2.45) is 0 Å². The molecule has 2 aromatic carbocycles. The standard InChI is InChI=1S/C16H15FO2/c1-11(19-12(2)18)13-3-5-14(6-4-13)15-7-9-16(17)10-8-15/h3-11H,1-2H3. The first-order valence-electron chi connectivity index (χ1n) is 6.09. The van der Waals surface area contributed by atoms with Crippen molar-refractivity contribution in [3.05, 3.63) is 59.9 Å². The summed E-state index contributed by atoms with van der Waals surface area (Å²) in [5.74, 6) is -0.543. The molecule has 98 valence electrons. The van der Waals surface area contributed by atoms with Gasteiger partial charge in [-0.1, -0.05) is 36.4 Å². The number of rotatable bonds is 3. The molecular weight excluding hydrogens is 243 g/mol. The third kappa shape index (κ3) is 3.41. The van der Waals surface area contributed by atoms with Gasteiger partial charge in [0, 0.05) is 6.92 Å². The van der Waals surface area contributed by atoms with Gasteiger partial charge in [0.25, 0.3) is 0 Å². The quantitative estimate of drug-likeness (QED) is 0.774. The molecule has 0 N–H and O–H groups in total. The van der Waals surface area contributed by atoms with Crippen LogP contribution in [0.2, 0.25) is 0 Å². The molecule has 0 saturated carbocycles. The Balaban J connectivity index is 2.18. The molecule has 0 bridgehead atoms. The van der Waals surface area contributed by atoms with Gasteiger partial charge < -0.3 is 4.74 Å². The SMILES string of the molecule is CC(=O)OC(C)c1ccc(-c2ccc(F)cc2)cc1. The molecule has 0 aliphatic carbocycles. The number of hydrogen-bond acceptors (Lipinski definition) is 2. The summed E-state index contributed by atoms with van der Waals surface area (Å²) in [7, 11) is 0. The highest BCUT2D eigenvalue weighted by molar-refractivity contribution is 5.66. The van der Waals surface area contributed by atoms with Crippen LogP contribution in [0.4, 0.5) is 4.39 Å². The van der Waals surface area contributed by atoms with Crippen molar-refractivity contribution in [3.8, 4) is 11.1 Å². The Morgan fingerprint density at radius 1 is 1.00 bits per heavy atom. The van der Waals surface area contributed by atoms with Crippen LogP contribution in [0.5, 0.6) is 0 Å². The van der Waals surface area contributed by atoms with Crippen molar-refractivity contribution in [2.75, 3.05) is 0 Å². The molecular formula is C16H15FO2. The summed E-state index contributed by atoms with van der Waals surface area (Å²) in [5, 5.41) is 0. The number of benzene rings is 2. The molecule has 2 nitrogen and oxygen atoms in total. The summed E-state index contributed by atoms with van der Waals surface area (Å²) in [5.41, 5.74) is 2.88. The Morgan fingerprint density at radius 3 is 1.95 bits per heavy atom. The Kier molecular flexibility index (Phi) is 3.95. The van der Waals surface area contributed by atoms with E-state index in [-0.39, 0.29) is 17.9 Å². The fraction of sp³-hybridized carbons (Fsp3) is 0.188. The van der Waals surface area contributed by atoms with E-state index in [0.717, 1.165) is 16.7 Å². The molecule has 0 aliphatic heterocycles. The van der Waals surface area contributed by atoms with E-state index in [4.69, 9.17) is 4.74 Å².